The highest BCUT2D eigenvalue weighted by Gasteiger charge is 2.22. The maximum absolute atomic E-state index is 12.0. The molecule has 0 aromatic heterocycles. The van der Waals surface area contributed by atoms with Crippen molar-refractivity contribution in [3.63, 3.8) is 0 Å². The Balaban J connectivity index is 3.16. The Hall–Kier alpha value is -1.09. The summed E-state index contributed by atoms with van der Waals surface area (Å²) in [6, 6.07) is 7.82. The molecule has 0 aliphatic carbocycles. The predicted molar refractivity (Wildman–Crippen MR) is 61.5 cm³/mol. The van der Waals surface area contributed by atoms with Gasteiger partial charge in [-0.1, -0.05) is 24.6 Å². The van der Waals surface area contributed by atoms with Crippen molar-refractivity contribution >= 4 is 21.6 Å². The Labute approximate surface area is 100 Å². The van der Waals surface area contributed by atoms with Crippen LogP contribution in [0, 0.1) is 11.3 Å². The Bertz CT molecular complexity index is 508. The van der Waals surface area contributed by atoms with Crippen molar-refractivity contribution in [3.05, 3.63) is 29.3 Å². The predicted octanol–water partition coefficient (Wildman–Crippen LogP) is 1.87. The maximum Gasteiger partial charge on any atom is 0.244 e. The summed E-state index contributed by atoms with van der Waals surface area (Å²) in [6.45, 7) is 1.77. The summed E-state index contributed by atoms with van der Waals surface area (Å²) in [5.74, 6) is 0. The van der Waals surface area contributed by atoms with Crippen LogP contribution in [0.1, 0.15) is 6.92 Å². The van der Waals surface area contributed by atoms with E-state index in [-0.39, 0.29) is 18.0 Å². The zero-order valence-corrected chi connectivity index (χ0v) is 10.3. The van der Waals surface area contributed by atoms with Gasteiger partial charge in [-0.2, -0.15) is 9.57 Å². The van der Waals surface area contributed by atoms with Gasteiger partial charge in [-0.25, -0.2) is 8.42 Å². The van der Waals surface area contributed by atoms with Gasteiger partial charge in [-0.05, 0) is 18.2 Å². The third kappa shape index (κ3) is 2.73. The monoisotopic (exact) mass is 258 g/mol. The van der Waals surface area contributed by atoms with E-state index in [9.17, 15) is 8.42 Å². The summed E-state index contributed by atoms with van der Waals surface area (Å²) < 4.78 is 25.1. The molecule has 0 saturated carbocycles. The lowest BCUT2D eigenvalue weighted by Crippen LogP contribution is -2.31. The van der Waals surface area contributed by atoms with Gasteiger partial charge in [0.25, 0.3) is 0 Å². The molecule has 0 heterocycles. The Morgan fingerprint density at radius 1 is 1.50 bits per heavy atom. The summed E-state index contributed by atoms with van der Waals surface area (Å²) in [5.41, 5.74) is 0. The van der Waals surface area contributed by atoms with Crippen LogP contribution in [0.15, 0.2) is 29.2 Å². The molecule has 0 saturated heterocycles. The number of nitriles is 1. The van der Waals surface area contributed by atoms with Gasteiger partial charge in [0.15, 0.2) is 0 Å². The topological polar surface area (TPSA) is 61.2 Å². The van der Waals surface area contributed by atoms with Crippen LogP contribution in [-0.2, 0) is 10.0 Å². The first kappa shape index (κ1) is 13.0. The number of halogens is 1. The van der Waals surface area contributed by atoms with E-state index in [2.05, 4.69) is 0 Å². The van der Waals surface area contributed by atoms with Gasteiger partial charge in [0.2, 0.25) is 10.0 Å². The second kappa shape index (κ2) is 5.30. The quantitative estimate of drug-likeness (QED) is 0.775. The van der Waals surface area contributed by atoms with E-state index in [0.717, 1.165) is 4.31 Å². The average molecular weight is 259 g/mol. The molecule has 1 aromatic rings. The van der Waals surface area contributed by atoms with Gasteiger partial charge >= 0.3 is 0 Å². The minimum atomic E-state index is -3.61. The molecule has 16 heavy (non-hydrogen) atoms. The van der Waals surface area contributed by atoms with Crippen molar-refractivity contribution in [1.82, 2.24) is 4.31 Å². The largest absolute Gasteiger partial charge is 0.244 e. The fourth-order valence-corrected chi connectivity index (χ4v) is 2.87. The Morgan fingerprint density at radius 2 is 2.19 bits per heavy atom. The first-order valence-electron chi connectivity index (χ1n) is 4.65. The molecule has 0 spiro atoms. The molecule has 0 fully saturated rings. The number of sulfonamides is 1. The van der Waals surface area contributed by atoms with Crippen LogP contribution in [-0.4, -0.2) is 25.8 Å². The minimum Gasteiger partial charge on any atom is -0.207 e. The molecule has 0 bridgehead atoms. The van der Waals surface area contributed by atoms with Crippen LogP contribution >= 0.6 is 11.6 Å². The SMILES string of the molecule is CCN(CC#N)S(=O)(=O)c1cccc(Cl)c1. The lowest BCUT2D eigenvalue weighted by Gasteiger charge is -2.17. The second-order valence-electron chi connectivity index (χ2n) is 3.05. The van der Waals surface area contributed by atoms with E-state index in [1.54, 1.807) is 19.1 Å². The van der Waals surface area contributed by atoms with Gasteiger partial charge in [0, 0.05) is 11.6 Å². The summed E-state index contributed by atoms with van der Waals surface area (Å²) in [5, 5.41) is 8.91. The van der Waals surface area contributed by atoms with E-state index >= 15 is 0 Å². The first-order chi connectivity index (χ1) is 7.52. The molecular formula is C10H11ClN2O2S. The molecule has 1 aromatic carbocycles. The molecular weight excluding hydrogens is 248 g/mol. The highest BCUT2D eigenvalue weighted by atomic mass is 35.5. The fourth-order valence-electron chi connectivity index (χ4n) is 1.22. The Kier molecular flexibility index (Phi) is 4.30. The standard InChI is InChI=1S/C10H11ClN2O2S/c1-2-13(7-6-12)16(14,15)10-5-3-4-9(11)8-10/h3-5,8H,2,7H2,1H3. The molecule has 1 rings (SSSR count). The van der Waals surface area contributed by atoms with Crippen molar-refractivity contribution in [1.29, 1.82) is 5.26 Å². The molecule has 86 valence electrons. The molecule has 0 unspecified atom stereocenters. The zero-order valence-electron chi connectivity index (χ0n) is 8.72. The lowest BCUT2D eigenvalue weighted by molar-refractivity contribution is 0.462. The van der Waals surface area contributed by atoms with E-state index in [4.69, 9.17) is 16.9 Å². The zero-order chi connectivity index (χ0) is 12.2. The van der Waals surface area contributed by atoms with Gasteiger partial charge in [0.1, 0.15) is 6.54 Å². The minimum absolute atomic E-state index is 0.108. The second-order valence-corrected chi connectivity index (χ2v) is 5.42. The van der Waals surface area contributed by atoms with Crippen LogP contribution in [0.4, 0.5) is 0 Å². The van der Waals surface area contributed by atoms with Gasteiger partial charge in [-0.3, -0.25) is 0 Å². The molecule has 0 radical (unpaired) electrons. The molecule has 0 N–H and O–H groups in total. The summed E-state index contributed by atoms with van der Waals surface area (Å²) in [6.07, 6.45) is 0. The molecule has 0 aliphatic rings. The Morgan fingerprint density at radius 3 is 2.69 bits per heavy atom. The van der Waals surface area contributed by atoms with E-state index < -0.39 is 10.0 Å². The fraction of sp³-hybridized carbons (Fsp3) is 0.300. The molecule has 0 aliphatic heterocycles. The third-order valence-electron chi connectivity index (χ3n) is 2.03. The summed E-state index contributed by atoms with van der Waals surface area (Å²) in [4.78, 5) is 0.108. The van der Waals surface area contributed by atoms with Crippen LogP contribution in [0.5, 0.6) is 0 Å². The normalized spacial score (nSPS) is 11.4. The molecule has 0 atom stereocenters. The number of hydrogen-bond donors (Lipinski definition) is 0. The van der Waals surface area contributed by atoms with Crippen LogP contribution in [0.3, 0.4) is 0 Å². The highest BCUT2D eigenvalue weighted by molar-refractivity contribution is 7.89. The van der Waals surface area contributed by atoms with Crippen LogP contribution < -0.4 is 0 Å². The molecule has 6 heteroatoms. The lowest BCUT2D eigenvalue weighted by atomic mass is 10.4. The van der Waals surface area contributed by atoms with E-state index in [1.807, 2.05) is 6.07 Å². The molecule has 0 amide bonds. The van der Waals surface area contributed by atoms with Crippen molar-refractivity contribution in [3.8, 4) is 6.07 Å². The number of benzene rings is 1. The first-order valence-corrected chi connectivity index (χ1v) is 6.47. The van der Waals surface area contributed by atoms with Gasteiger partial charge in [-0.15, -0.1) is 0 Å². The van der Waals surface area contributed by atoms with E-state index in [1.165, 1.54) is 12.1 Å². The van der Waals surface area contributed by atoms with Crippen molar-refractivity contribution in [2.45, 2.75) is 11.8 Å². The number of rotatable bonds is 4. The van der Waals surface area contributed by atoms with Crippen LogP contribution in [0.2, 0.25) is 5.02 Å². The average Bonchev–Trinajstić information content (AvgIpc) is 2.25. The summed E-state index contributed by atoms with van der Waals surface area (Å²) in [7, 11) is -3.61. The smallest absolute Gasteiger partial charge is 0.207 e. The van der Waals surface area contributed by atoms with Crippen LogP contribution in [0.25, 0.3) is 0 Å². The van der Waals surface area contributed by atoms with Gasteiger partial charge in [0.05, 0.1) is 11.0 Å². The van der Waals surface area contributed by atoms with E-state index in [0.29, 0.717) is 5.02 Å². The number of hydrogen-bond acceptors (Lipinski definition) is 3. The van der Waals surface area contributed by atoms with Crippen molar-refractivity contribution in [2.24, 2.45) is 0 Å². The third-order valence-corrected chi connectivity index (χ3v) is 4.19. The van der Waals surface area contributed by atoms with Crippen molar-refractivity contribution < 1.29 is 8.42 Å². The summed E-state index contributed by atoms with van der Waals surface area (Å²) >= 11 is 5.73. The molecule has 4 nitrogen and oxygen atoms in total. The van der Waals surface area contributed by atoms with Gasteiger partial charge < -0.3 is 0 Å². The number of nitrogens with zero attached hydrogens (tertiary/aromatic N) is 2. The maximum atomic E-state index is 12.0. The highest BCUT2D eigenvalue weighted by Crippen LogP contribution is 2.19. The van der Waals surface area contributed by atoms with Crippen molar-refractivity contribution in [2.75, 3.05) is 13.1 Å².